The molecule has 3 rings (SSSR count). The van der Waals surface area contributed by atoms with Crippen molar-refractivity contribution in [2.24, 2.45) is 0 Å². The van der Waals surface area contributed by atoms with Crippen molar-refractivity contribution in [1.29, 1.82) is 0 Å². The van der Waals surface area contributed by atoms with E-state index < -0.39 is 6.04 Å². The van der Waals surface area contributed by atoms with Crippen LogP contribution in [0.2, 0.25) is 0 Å². The van der Waals surface area contributed by atoms with Gasteiger partial charge in [-0.15, -0.1) is 11.8 Å². The van der Waals surface area contributed by atoms with Crippen LogP contribution in [0.5, 0.6) is 0 Å². The van der Waals surface area contributed by atoms with Crippen molar-refractivity contribution in [2.75, 3.05) is 11.6 Å². The highest BCUT2D eigenvalue weighted by molar-refractivity contribution is 7.99. The predicted octanol–water partition coefficient (Wildman–Crippen LogP) is 1.65. The molecule has 1 fully saturated rings. The van der Waals surface area contributed by atoms with Crippen molar-refractivity contribution in [3.05, 3.63) is 17.5 Å². The number of nitrogens with zero attached hydrogens (tertiary/aromatic N) is 3. The zero-order valence-electron chi connectivity index (χ0n) is 14.0. The summed E-state index contributed by atoms with van der Waals surface area (Å²) in [4.78, 5) is 27.1. The highest BCUT2D eigenvalue weighted by Crippen LogP contribution is 2.26. The third-order valence-corrected chi connectivity index (χ3v) is 5.17. The van der Waals surface area contributed by atoms with Gasteiger partial charge in [-0.3, -0.25) is 14.3 Å². The van der Waals surface area contributed by atoms with Gasteiger partial charge in [0.1, 0.15) is 6.04 Å². The smallest absolute Gasteiger partial charge is 0.258 e. The number of fused-ring (bicyclic) bond motifs is 1. The fourth-order valence-electron chi connectivity index (χ4n) is 3.07. The minimum atomic E-state index is -0.397. The van der Waals surface area contributed by atoms with Crippen LogP contribution in [-0.4, -0.2) is 49.7 Å². The van der Waals surface area contributed by atoms with Gasteiger partial charge in [0.2, 0.25) is 5.91 Å². The lowest BCUT2D eigenvalue weighted by molar-refractivity contribution is -0.125. The molecule has 126 valence electrons. The summed E-state index contributed by atoms with van der Waals surface area (Å²) >= 11 is 1.62. The summed E-state index contributed by atoms with van der Waals surface area (Å²) in [5, 5.41) is 7.33. The molecule has 2 aliphatic rings. The number of carbonyl (C=O) groups is 2. The van der Waals surface area contributed by atoms with Crippen molar-refractivity contribution in [2.45, 2.75) is 58.2 Å². The van der Waals surface area contributed by atoms with Crippen molar-refractivity contribution >= 4 is 23.6 Å². The summed E-state index contributed by atoms with van der Waals surface area (Å²) in [6.07, 6.45) is 4.76. The van der Waals surface area contributed by atoms with Gasteiger partial charge in [-0.05, 0) is 40.0 Å². The van der Waals surface area contributed by atoms with Crippen molar-refractivity contribution < 1.29 is 9.59 Å². The maximum absolute atomic E-state index is 12.9. The first-order valence-corrected chi connectivity index (χ1v) is 9.28. The number of carbonyl (C=O) groups excluding carboxylic acids is 2. The average molecular weight is 336 g/mol. The van der Waals surface area contributed by atoms with Gasteiger partial charge in [0.25, 0.3) is 5.91 Å². The summed E-state index contributed by atoms with van der Waals surface area (Å²) in [5.74, 6) is 1.08. The summed E-state index contributed by atoms with van der Waals surface area (Å²) in [5.41, 5.74) is 1.39. The predicted molar refractivity (Wildman–Crippen MR) is 90.3 cm³/mol. The molecule has 1 N–H and O–H groups in total. The Morgan fingerprint density at radius 2 is 2.13 bits per heavy atom. The molecule has 23 heavy (non-hydrogen) atoms. The van der Waals surface area contributed by atoms with E-state index in [2.05, 4.69) is 10.4 Å². The van der Waals surface area contributed by atoms with E-state index in [0.29, 0.717) is 17.2 Å². The molecular formula is C16H24N4O2S. The van der Waals surface area contributed by atoms with Crippen LogP contribution in [0.15, 0.2) is 6.20 Å². The fourth-order valence-corrected chi connectivity index (χ4v) is 4.22. The minimum absolute atomic E-state index is 0.0628. The summed E-state index contributed by atoms with van der Waals surface area (Å²) in [6.45, 7) is 6.74. The van der Waals surface area contributed by atoms with Crippen LogP contribution in [-0.2, 0) is 17.8 Å². The second kappa shape index (κ2) is 6.19. The Labute approximate surface area is 141 Å². The molecule has 1 atom stereocenters. The third kappa shape index (κ3) is 3.39. The molecule has 7 heteroatoms. The summed E-state index contributed by atoms with van der Waals surface area (Å²) < 4.78 is 1.93. The van der Waals surface area contributed by atoms with E-state index in [4.69, 9.17) is 0 Å². The molecule has 0 aromatic carbocycles. The van der Waals surface area contributed by atoms with Gasteiger partial charge in [-0.25, -0.2) is 0 Å². The number of aryl methyl sites for hydroxylation is 1. The number of nitrogens with one attached hydrogen (secondary N) is 1. The lowest BCUT2D eigenvalue weighted by Crippen LogP contribution is -2.52. The lowest BCUT2D eigenvalue weighted by Gasteiger charge is -2.28. The van der Waals surface area contributed by atoms with E-state index in [1.54, 1.807) is 22.9 Å². The largest absolute Gasteiger partial charge is 0.350 e. The molecule has 1 unspecified atom stereocenters. The summed E-state index contributed by atoms with van der Waals surface area (Å²) in [6, 6.07) is -0.397. The molecule has 3 heterocycles. The van der Waals surface area contributed by atoms with Crippen LogP contribution >= 0.6 is 11.8 Å². The Morgan fingerprint density at radius 1 is 1.35 bits per heavy atom. The van der Waals surface area contributed by atoms with Gasteiger partial charge in [0, 0.05) is 17.8 Å². The Balaban J connectivity index is 1.78. The lowest BCUT2D eigenvalue weighted by atomic mass is 10.1. The van der Waals surface area contributed by atoms with E-state index in [-0.39, 0.29) is 17.4 Å². The molecule has 2 aliphatic heterocycles. The van der Waals surface area contributed by atoms with Crippen LogP contribution in [0.1, 0.15) is 49.7 Å². The molecule has 0 bridgehead atoms. The third-order valence-electron chi connectivity index (χ3n) is 4.16. The Bertz CT molecular complexity index is 620. The van der Waals surface area contributed by atoms with Crippen LogP contribution in [0.4, 0.5) is 0 Å². The maximum Gasteiger partial charge on any atom is 0.258 e. The van der Waals surface area contributed by atoms with E-state index in [9.17, 15) is 9.59 Å². The van der Waals surface area contributed by atoms with Crippen molar-refractivity contribution in [1.82, 2.24) is 20.0 Å². The molecule has 6 nitrogen and oxygen atoms in total. The Kier molecular flexibility index (Phi) is 4.40. The maximum atomic E-state index is 12.9. The number of thioether (sulfide) groups is 1. The molecule has 0 radical (unpaired) electrons. The average Bonchev–Trinajstić information content (AvgIpc) is 3.12. The van der Waals surface area contributed by atoms with E-state index in [1.807, 2.05) is 25.5 Å². The van der Waals surface area contributed by atoms with Crippen LogP contribution in [0.3, 0.4) is 0 Å². The van der Waals surface area contributed by atoms with Crippen LogP contribution < -0.4 is 5.32 Å². The number of hydrogen-bond donors (Lipinski definition) is 1. The highest BCUT2D eigenvalue weighted by atomic mass is 32.2. The SMILES string of the molecule is CC(C)(C)NC(=O)C1CSCN1C(=O)c1cnn2c1CCCC2. The van der Waals surface area contributed by atoms with Crippen molar-refractivity contribution in [3.8, 4) is 0 Å². The van der Waals surface area contributed by atoms with E-state index >= 15 is 0 Å². The number of aromatic nitrogens is 2. The van der Waals surface area contributed by atoms with Crippen molar-refractivity contribution in [3.63, 3.8) is 0 Å². The first kappa shape index (κ1) is 16.4. The van der Waals surface area contributed by atoms with Gasteiger partial charge in [0.15, 0.2) is 0 Å². The van der Waals surface area contributed by atoms with Crippen LogP contribution in [0, 0.1) is 0 Å². The minimum Gasteiger partial charge on any atom is -0.350 e. The number of rotatable bonds is 2. The van der Waals surface area contributed by atoms with E-state index in [0.717, 1.165) is 31.5 Å². The molecule has 1 aromatic heterocycles. The standard InChI is InChI=1S/C16H24N4O2S/c1-16(2,3)18-14(21)13-9-23-10-19(13)15(22)11-8-17-20-7-5-4-6-12(11)20/h8,13H,4-7,9-10H2,1-3H3,(H,18,21). The van der Waals surface area contributed by atoms with E-state index in [1.165, 1.54) is 0 Å². The molecular weight excluding hydrogens is 312 g/mol. The Morgan fingerprint density at radius 3 is 2.87 bits per heavy atom. The summed E-state index contributed by atoms with van der Waals surface area (Å²) in [7, 11) is 0. The molecule has 0 saturated carbocycles. The number of amides is 2. The van der Waals surface area contributed by atoms with Gasteiger partial charge in [-0.2, -0.15) is 5.10 Å². The van der Waals surface area contributed by atoms with Gasteiger partial charge >= 0.3 is 0 Å². The molecule has 1 saturated heterocycles. The van der Waals surface area contributed by atoms with Gasteiger partial charge in [0.05, 0.1) is 23.3 Å². The monoisotopic (exact) mass is 336 g/mol. The second-order valence-electron chi connectivity index (χ2n) is 7.22. The highest BCUT2D eigenvalue weighted by Gasteiger charge is 2.37. The first-order valence-electron chi connectivity index (χ1n) is 8.12. The zero-order valence-corrected chi connectivity index (χ0v) is 14.8. The Hall–Kier alpha value is -1.50. The number of hydrogen-bond acceptors (Lipinski definition) is 4. The molecule has 0 aliphatic carbocycles. The topological polar surface area (TPSA) is 67.2 Å². The van der Waals surface area contributed by atoms with Gasteiger partial charge < -0.3 is 10.2 Å². The zero-order chi connectivity index (χ0) is 16.6. The normalized spacial score (nSPS) is 21.2. The second-order valence-corrected chi connectivity index (χ2v) is 8.21. The first-order chi connectivity index (χ1) is 10.9. The quantitative estimate of drug-likeness (QED) is 0.892. The van der Waals surface area contributed by atoms with Crippen LogP contribution in [0.25, 0.3) is 0 Å². The molecule has 2 amide bonds. The molecule has 0 spiro atoms. The fraction of sp³-hybridized carbons (Fsp3) is 0.688. The van der Waals surface area contributed by atoms with Gasteiger partial charge in [-0.1, -0.05) is 0 Å². The molecule has 1 aromatic rings.